The van der Waals surface area contributed by atoms with Crippen molar-refractivity contribution >= 4 is 33.6 Å². The van der Waals surface area contributed by atoms with E-state index in [9.17, 15) is 9.59 Å². The van der Waals surface area contributed by atoms with Gasteiger partial charge in [0.15, 0.2) is 0 Å². The molecule has 0 saturated carbocycles. The molecule has 0 N–H and O–H groups in total. The SMILES string of the molecule is CCCC1C(=O)N(C)c2ncc(Br)cc2C(=O)N1Cc1ccccc1. The van der Waals surface area contributed by atoms with Gasteiger partial charge in [0.25, 0.3) is 11.8 Å². The fraction of sp³-hybridized carbons (Fsp3) is 0.316. The van der Waals surface area contributed by atoms with Crippen molar-refractivity contribution in [3.05, 3.63) is 58.2 Å². The zero-order chi connectivity index (χ0) is 18.0. The first-order valence-corrected chi connectivity index (χ1v) is 9.10. The Hall–Kier alpha value is -2.21. The normalized spacial score (nSPS) is 17.5. The molecule has 1 unspecified atom stereocenters. The van der Waals surface area contributed by atoms with E-state index < -0.39 is 6.04 Å². The predicted molar refractivity (Wildman–Crippen MR) is 100 cm³/mol. The van der Waals surface area contributed by atoms with Crippen molar-refractivity contribution < 1.29 is 9.59 Å². The third-order valence-corrected chi connectivity index (χ3v) is 4.83. The van der Waals surface area contributed by atoms with Crippen LogP contribution in [0.3, 0.4) is 0 Å². The molecule has 1 aromatic carbocycles. The topological polar surface area (TPSA) is 53.5 Å². The van der Waals surface area contributed by atoms with E-state index in [2.05, 4.69) is 20.9 Å². The number of rotatable bonds is 4. The number of likely N-dealkylation sites (N-methyl/N-ethyl adjacent to an activating group) is 1. The minimum atomic E-state index is -0.490. The van der Waals surface area contributed by atoms with E-state index in [1.54, 1.807) is 24.2 Å². The van der Waals surface area contributed by atoms with Crippen LogP contribution in [-0.4, -0.2) is 34.8 Å². The van der Waals surface area contributed by atoms with Gasteiger partial charge in [-0.1, -0.05) is 43.7 Å². The standard InChI is InChI=1S/C19H20BrN3O2/c1-3-7-16-19(25)22(2)17-15(10-14(20)11-21-17)18(24)23(16)12-13-8-5-4-6-9-13/h4-6,8-11,16H,3,7,12H2,1-2H3. The Kier molecular flexibility index (Phi) is 5.18. The molecule has 0 fully saturated rings. The summed E-state index contributed by atoms with van der Waals surface area (Å²) >= 11 is 3.37. The molecule has 0 saturated heterocycles. The molecule has 1 aromatic heterocycles. The lowest BCUT2D eigenvalue weighted by Gasteiger charge is -2.29. The second-order valence-electron chi connectivity index (χ2n) is 6.15. The van der Waals surface area contributed by atoms with E-state index in [1.165, 1.54) is 4.90 Å². The lowest BCUT2D eigenvalue weighted by Crippen LogP contribution is -2.47. The quantitative estimate of drug-likeness (QED) is 0.785. The summed E-state index contributed by atoms with van der Waals surface area (Å²) in [5, 5.41) is 0. The first-order valence-electron chi connectivity index (χ1n) is 8.31. The maximum absolute atomic E-state index is 13.3. The number of fused-ring (bicyclic) bond motifs is 1. The highest BCUT2D eigenvalue weighted by molar-refractivity contribution is 9.10. The highest BCUT2D eigenvalue weighted by Crippen LogP contribution is 2.29. The van der Waals surface area contributed by atoms with Gasteiger partial charge in [-0.3, -0.25) is 14.5 Å². The van der Waals surface area contributed by atoms with E-state index in [0.29, 0.717) is 28.8 Å². The Morgan fingerprint density at radius 3 is 2.60 bits per heavy atom. The monoisotopic (exact) mass is 401 g/mol. The molecule has 1 atom stereocenters. The van der Waals surface area contributed by atoms with E-state index in [-0.39, 0.29) is 11.8 Å². The maximum atomic E-state index is 13.3. The fourth-order valence-corrected chi connectivity index (χ4v) is 3.46. The summed E-state index contributed by atoms with van der Waals surface area (Å²) in [6.07, 6.45) is 3.05. The molecule has 0 bridgehead atoms. The van der Waals surface area contributed by atoms with Crippen molar-refractivity contribution in [2.24, 2.45) is 0 Å². The first-order chi connectivity index (χ1) is 12.0. The number of carbonyl (C=O) groups excluding carboxylic acids is 2. The lowest BCUT2D eigenvalue weighted by molar-refractivity contribution is -0.123. The number of amides is 2. The molecule has 3 rings (SSSR count). The Bertz CT molecular complexity index is 795. The van der Waals surface area contributed by atoms with Crippen LogP contribution in [0.15, 0.2) is 47.1 Å². The summed E-state index contributed by atoms with van der Waals surface area (Å²) in [6, 6.07) is 11.0. The molecule has 0 spiro atoms. The number of aromatic nitrogens is 1. The molecule has 5 nitrogen and oxygen atoms in total. The number of hydrogen-bond acceptors (Lipinski definition) is 3. The molecule has 130 valence electrons. The summed E-state index contributed by atoms with van der Waals surface area (Å²) in [5.74, 6) is 0.151. The van der Waals surface area contributed by atoms with Crippen molar-refractivity contribution in [3.8, 4) is 0 Å². The van der Waals surface area contributed by atoms with Gasteiger partial charge in [-0.2, -0.15) is 0 Å². The fourth-order valence-electron chi connectivity index (χ4n) is 3.13. The van der Waals surface area contributed by atoms with E-state index >= 15 is 0 Å². The highest BCUT2D eigenvalue weighted by atomic mass is 79.9. The Morgan fingerprint density at radius 1 is 1.20 bits per heavy atom. The van der Waals surface area contributed by atoms with Crippen LogP contribution in [0.1, 0.15) is 35.7 Å². The maximum Gasteiger partial charge on any atom is 0.258 e. The summed E-state index contributed by atoms with van der Waals surface area (Å²) in [5.41, 5.74) is 1.44. The molecular weight excluding hydrogens is 382 g/mol. The van der Waals surface area contributed by atoms with Crippen LogP contribution in [0, 0.1) is 0 Å². The molecular formula is C19H20BrN3O2. The molecule has 0 aliphatic carbocycles. The number of hydrogen-bond donors (Lipinski definition) is 0. The average molecular weight is 402 g/mol. The van der Waals surface area contributed by atoms with Gasteiger partial charge in [0.1, 0.15) is 11.9 Å². The van der Waals surface area contributed by atoms with Crippen molar-refractivity contribution in [3.63, 3.8) is 0 Å². The zero-order valence-corrected chi connectivity index (χ0v) is 15.9. The van der Waals surface area contributed by atoms with Crippen LogP contribution in [0.5, 0.6) is 0 Å². The molecule has 6 heteroatoms. The number of carbonyl (C=O) groups is 2. The third-order valence-electron chi connectivity index (χ3n) is 4.39. The van der Waals surface area contributed by atoms with Gasteiger partial charge < -0.3 is 4.90 Å². The van der Waals surface area contributed by atoms with Crippen molar-refractivity contribution in [2.45, 2.75) is 32.4 Å². The minimum absolute atomic E-state index is 0.0975. The van der Waals surface area contributed by atoms with Gasteiger partial charge in [0.2, 0.25) is 0 Å². The van der Waals surface area contributed by atoms with Gasteiger partial charge in [-0.05, 0) is 34.0 Å². The molecule has 25 heavy (non-hydrogen) atoms. The van der Waals surface area contributed by atoms with E-state index in [1.807, 2.05) is 37.3 Å². The highest BCUT2D eigenvalue weighted by Gasteiger charge is 2.38. The van der Waals surface area contributed by atoms with Crippen molar-refractivity contribution in [2.75, 3.05) is 11.9 Å². The number of benzene rings is 1. The summed E-state index contributed by atoms with van der Waals surface area (Å²) in [7, 11) is 1.68. The van der Waals surface area contributed by atoms with Crippen LogP contribution < -0.4 is 4.90 Å². The molecule has 1 aliphatic heterocycles. The number of anilines is 1. The first kappa shape index (κ1) is 17.6. The predicted octanol–water partition coefficient (Wildman–Crippen LogP) is 3.63. The van der Waals surface area contributed by atoms with Crippen LogP contribution >= 0.6 is 15.9 Å². The molecule has 0 radical (unpaired) electrons. The Balaban J connectivity index is 2.08. The molecule has 2 heterocycles. The van der Waals surface area contributed by atoms with Gasteiger partial charge >= 0.3 is 0 Å². The second kappa shape index (κ2) is 7.35. The Labute approximate surface area is 155 Å². The lowest BCUT2D eigenvalue weighted by atomic mass is 10.1. The zero-order valence-electron chi connectivity index (χ0n) is 14.3. The van der Waals surface area contributed by atoms with Gasteiger partial charge in [-0.25, -0.2) is 4.98 Å². The number of halogens is 1. The number of pyridine rings is 1. The Morgan fingerprint density at radius 2 is 1.92 bits per heavy atom. The van der Waals surface area contributed by atoms with Crippen LogP contribution in [0.25, 0.3) is 0 Å². The van der Waals surface area contributed by atoms with Crippen molar-refractivity contribution in [1.82, 2.24) is 9.88 Å². The largest absolute Gasteiger partial charge is 0.322 e. The van der Waals surface area contributed by atoms with E-state index in [4.69, 9.17) is 0 Å². The van der Waals surface area contributed by atoms with Gasteiger partial charge in [0.05, 0.1) is 5.56 Å². The average Bonchev–Trinajstić information content (AvgIpc) is 2.69. The van der Waals surface area contributed by atoms with Gasteiger partial charge in [0, 0.05) is 24.3 Å². The second-order valence-corrected chi connectivity index (χ2v) is 7.06. The molecule has 2 aromatic rings. The molecule has 2 amide bonds. The third kappa shape index (κ3) is 3.44. The van der Waals surface area contributed by atoms with Crippen LogP contribution in [-0.2, 0) is 11.3 Å². The number of nitrogens with zero attached hydrogens (tertiary/aromatic N) is 3. The molecule has 1 aliphatic rings. The van der Waals surface area contributed by atoms with Gasteiger partial charge in [-0.15, -0.1) is 0 Å². The minimum Gasteiger partial charge on any atom is -0.322 e. The smallest absolute Gasteiger partial charge is 0.258 e. The van der Waals surface area contributed by atoms with Crippen LogP contribution in [0.4, 0.5) is 5.82 Å². The van der Waals surface area contributed by atoms with Crippen LogP contribution in [0.2, 0.25) is 0 Å². The summed E-state index contributed by atoms with van der Waals surface area (Å²) in [4.78, 5) is 33.8. The summed E-state index contributed by atoms with van der Waals surface area (Å²) < 4.78 is 0.717. The van der Waals surface area contributed by atoms with E-state index in [0.717, 1.165) is 12.0 Å². The van der Waals surface area contributed by atoms with Crippen molar-refractivity contribution in [1.29, 1.82) is 0 Å². The summed E-state index contributed by atoms with van der Waals surface area (Å²) in [6.45, 7) is 2.42.